The van der Waals surface area contributed by atoms with Gasteiger partial charge in [0.15, 0.2) is 5.58 Å². The van der Waals surface area contributed by atoms with E-state index in [0.717, 1.165) is 12.1 Å². The van der Waals surface area contributed by atoms with Gasteiger partial charge in [0.2, 0.25) is 0 Å². The van der Waals surface area contributed by atoms with Gasteiger partial charge in [0.05, 0.1) is 11.1 Å². The zero-order valence-corrected chi connectivity index (χ0v) is 16.0. The standard InChI is InChI=1S/C20H17F3N4O4/c21-20(22,23)12-1-4-14(5-2-12)26-7-9-27(10-8-26)18(29)17(28)24-13-3-6-15-16(11-13)31-19(30)25-15/h1-6,11H,7-10H2,(H,24,28)(H,25,30). The minimum Gasteiger partial charge on any atom is -0.408 e. The van der Waals surface area contributed by atoms with Gasteiger partial charge in [0.25, 0.3) is 0 Å². The zero-order valence-electron chi connectivity index (χ0n) is 16.0. The van der Waals surface area contributed by atoms with Gasteiger partial charge in [-0.15, -0.1) is 0 Å². The highest BCUT2D eigenvalue weighted by molar-refractivity contribution is 6.39. The average molecular weight is 434 g/mol. The summed E-state index contributed by atoms with van der Waals surface area (Å²) >= 11 is 0. The Morgan fingerprint density at radius 1 is 1.00 bits per heavy atom. The Kier molecular flexibility index (Phi) is 5.17. The Labute approximate surface area is 173 Å². The third-order valence-corrected chi connectivity index (χ3v) is 5.00. The van der Waals surface area contributed by atoms with Crippen LogP contribution < -0.4 is 16.0 Å². The van der Waals surface area contributed by atoms with Crippen LogP contribution in [0.3, 0.4) is 0 Å². The molecule has 162 valence electrons. The van der Waals surface area contributed by atoms with Gasteiger partial charge in [-0.1, -0.05) is 0 Å². The third-order valence-electron chi connectivity index (χ3n) is 5.00. The Balaban J connectivity index is 1.34. The maximum Gasteiger partial charge on any atom is 0.417 e. The Bertz CT molecular complexity index is 1180. The predicted molar refractivity (Wildman–Crippen MR) is 106 cm³/mol. The number of amides is 2. The molecule has 1 fully saturated rings. The van der Waals surface area contributed by atoms with Crippen molar-refractivity contribution < 1.29 is 27.2 Å². The van der Waals surface area contributed by atoms with E-state index in [1.165, 1.54) is 29.2 Å². The van der Waals surface area contributed by atoms with Gasteiger partial charge in [0, 0.05) is 43.6 Å². The number of benzene rings is 2. The SMILES string of the molecule is O=C(Nc1ccc2[nH]c(=O)oc2c1)C(=O)N1CCN(c2ccc(C(F)(F)F)cc2)CC1. The largest absolute Gasteiger partial charge is 0.417 e. The average Bonchev–Trinajstić information content (AvgIpc) is 3.12. The van der Waals surface area contributed by atoms with Crippen molar-refractivity contribution in [3.05, 3.63) is 58.6 Å². The number of rotatable bonds is 2. The lowest BCUT2D eigenvalue weighted by molar-refractivity contribution is -0.143. The second-order valence-electron chi connectivity index (χ2n) is 7.00. The van der Waals surface area contributed by atoms with E-state index in [1.807, 2.05) is 4.90 Å². The van der Waals surface area contributed by atoms with E-state index in [-0.39, 0.29) is 18.7 Å². The molecule has 1 aliphatic heterocycles. The van der Waals surface area contributed by atoms with Crippen LogP contribution in [0.2, 0.25) is 0 Å². The van der Waals surface area contributed by atoms with E-state index in [1.54, 1.807) is 6.07 Å². The van der Waals surface area contributed by atoms with Crippen molar-refractivity contribution in [2.24, 2.45) is 0 Å². The maximum atomic E-state index is 12.7. The summed E-state index contributed by atoms with van der Waals surface area (Å²) in [5.74, 6) is -2.18. The van der Waals surface area contributed by atoms with Crippen molar-refractivity contribution in [2.75, 3.05) is 36.4 Å². The predicted octanol–water partition coefficient (Wildman–Crippen LogP) is 2.43. The number of H-pyrrole nitrogens is 1. The molecule has 8 nitrogen and oxygen atoms in total. The van der Waals surface area contributed by atoms with Gasteiger partial charge in [-0.3, -0.25) is 14.6 Å². The summed E-state index contributed by atoms with van der Waals surface area (Å²) in [5, 5.41) is 2.48. The number of halogens is 3. The molecule has 1 aromatic heterocycles. The number of carbonyl (C=O) groups is 2. The summed E-state index contributed by atoms with van der Waals surface area (Å²) < 4.78 is 43.0. The van der Waals surface area contributed by atoms with Crippen LogP contribution in [0.5, 0.6) is 0 Å². The highest BCUT2D eigenvalue weighted by Crippen LogP contribution is 2.30. The number of aromatic amines is 1. The fourth-order valence-electron chi connectivity index (χ4n) is 3.38. The van der Waals surface area contributed by atoms with Crippen molar-refractivity contribution in [1.82, 2.24) is 9.88 Å². The van der Waals surface area contributed by atoms with E-state index in [2.05, 4.69) is 10.3 Å². The number of hydrogen-bond donors (Lipinski definition) is 2. The lowest BCUT2D eigenvalue weighted by atomic mass is 10.1. The number of nitrogens with zero attached hydrogens (tertiary/aromatic N) is 2. The zero-order chi connectivity index (χ0) is 22.2. The molecule has 0 unspecified atom stereocenters. The number of oxazole rings is 1. The Morgan fingerprint density at radius 2 is 1.68 bits per heavy atom. The van der Waals surface area contributed by atoms with Crippen LogP contribution in [0.25, 0.3) is 11.1 Å². The molecule has 2 aromatic carbocycles. The molecule has 4 rings (SSSR count). The van der Waals surface area contributed by atoms with E-state index < -0.39 is 29.3 Å². The molecule has 2 amide bonds. The van der Waals surface area contributed by atoms with Gasteiger partial charge in [-0.25, -0.2) is 4.79 Å². The fraction of sp³-hybridized carbons (Fsp3) is 0.250. The number of aromatic nitrogens is 1. The van der Waals surface area contributed by atoms with E-state index in [0.29, 0.717) is 30.0 Å². The number of fused-ring (bicyclic) bond motifs is 1. The minimum absolute atomic E-state index is 0.249. The molecule has 0 atom stereocenters. The second kappa shape index (κ2) is 7.82. The Morgan fingerprint density at radius 3 is 2.32 bits per heavy atom. The normalized spacial score (nSPS) is 14.7. The maximum absolute atomic E-state index is 12.7. The fourth-order valence-corrected chi connectivity index (χ4v) is 3.38. The van der Waals surface area contributed by atoms with Crippen LogP contribution in [0.15, 0.2) is 51.7 Å². The molecular formula is C20H17F3N4O4. The van der Waals surface area contributed by atoms with Gasteiger partial charge in [-0.2, -0.15) is 13.2 Å². The summed E-state index contributed by atoms with van der Waals surface area (Å²) in [6.07, 6.45) is -4.39. The highest BCUT2D eigenvalue weighted by Gasteiger charge is 2.31. The van der Waals surface area contributed by atoms with E-state index in [9.17, 15) is 27.6 Å². The van der Waals surface area contributed by atoms with Crippen LogP contribution >= 0.6 is 0 Å². The van der Waals surface area contributed by atoms with Crippen molar-refractivity contribution >= 4 is 34.3 Å². The molecule has 0 bridgehead atoms. The van der Waals surface area contributed by atoms with Gasteiger partial charge < -0.3 is 19.5 Å². The van der Waals surface area contributed by atoms with Crippen LogP contribution in [0.4, 0.5) is 24.5 Å². The monoisotopic (exact) mass is 434 g/mol. The molecule has 11 heteroatoms. The van der Waals surface area contributed by atoms with Crippen molar-refractivity contribution in [3.8, 4) is 0 Å². The first-order chi connectivity index (χ1) is 14.7. The van der Waals surface area contributed by atoms with Crippen LogP contribution in [0, 0.1) is 0 Å². The van der Waals surface area contributed by atoms with Gasteiger partial charge in [-0.05, 0) is 36.4 Å². The van der Waals surface area contributed by atoms with Crippen LogP contribution in [0.1, 0.15) is 5.56 Å². The number of anilines is 2. The Hall–Kier alpha value is -3.76. The summed E-state index contributed by atoms with van der Waals surface area (Å²) in [6.45, 7) is 1.26. The molecule has 0 saturated carbocycles. The van der Waals surface area contributed by atoms with Crippen molar-refractivity contribution in [2.45, 2.75) is 6.18 Å². The number of nitrogens with one attached hydrogen (secondary N) is 2. The molecule has 0 aliphatic carbocycles. The molecule has 0 spiro atoms. The molecule has 3 aromatic rings. The molecular weight excluding hydrogens is 417 g/mol. The van der Waals surface area contributed by atoms with Crippen molar-refractivity contribution in [1.29, 1.82) is 0 Å². The molecule has 31 heavy (non-hydrogen) atoms. The summed E-state index contributed by atoms with van der Waals surface area (Å²) in [6, 6.07) is 9.32. The number of piperazine rings is 1. The van der Waals surface area contributed by atoms with E-state index >= 15 is 0 Å². The number of hydrogen-bond acceptors (Lipinski definition) is 5. The second-order valence-corrected chi connectivity index (χ2v) is 7.00. The van der Waals surface area contributed by atoms with Crippen molar-refractivity contribution in [3.63, 3.8) is 0 Å². The first-order valence-electron chi connectivity index (χ1n) is 9.36. The number of alkyl halides is 3. The van der Waals surface area contributed by atoms with Crippen LogP contribution in [-0.4, -0.2) is 47.9 Å². The van der Waals surface area contributed by atoms with Crippen LogP contribution in [-0.2, 0) is 15.8 Å². The third kappa shape index (κ3) is 4.39. The highest BCUT2D eigenvalue weighted by atomic mass is 19.4. The molecule has 0 radical (unpaired) electrons. The molecule has 1 saturated heterocycles. The summed E-state index contributed by atoms with van der Waals surface area (Å²) in [7, 11) is 0. The minimum atomic E-state index is -4.39. The quantitative estimate of drug-likeness (QED) is 0.604. The topological polar surface area (TPSA) is 98.6 Å². The lowest BCUT2D eigenvalue weighted by Crippen LogP contribution is -2.51. The first-order valence-corrected chi connectivity index (χ1v) is 9.36. The van der Waals surface area contributed by atoms with Gasteiger partial charge in [0.1, 0.15) is 0 Å². The summed E-state index contributed by atoms with van der Waals surface area (Å²) in [5.41, 5.74) is 0.913. The van der Waals surface area contributed by atoms with E-state index in [4.69, 9.17) is 4.42 Å². The lowest BCUT2D eigenvalue weighted by Gasteiger charge is -2.35. The summed E-state index contributed by atoms with van der Waals surface area (Å²) in [4.78, 5) is 41.7. The molecule has 2 heterocycles. The number of carbonyl (C=O) groups excluding carboxylic acids is 2. The van der Waals surface area contributed by atoms with Gasteiger partial charge >= 0.3 is 23.7 Å². The smallest absolute Gasteiger partial charge is 0.408 e. The molecule has 1 aliphatic rings. The molecule has 2 N–H and O–H groups in total. The first kappa shape index (κ1) is 20.5.